The number of benzene rings is 9. The first-order valence-electron chi connectivity index (χ1n) is 22.9. The molecule has 316 valence electrons. The second kappa shape index (κ2) is 15.0. The minimum Gasteiger partial charge on any atom is -0.455 e. The summed E-state index contributed by atoms with van der Waals surface area (Å²) in [6.45, 7) is 0. The van der Waals surface area contributed by atoms with E-state index in [0.29, 0.717) is 11.6 Å². The largest absolute Gasteiger partial charge is 0.455 e. The van der Waals surface area contributed by atoms with Crippen molar-refractivity contribution in [2.24, 2.45) is 0 Å². The van der Waals surface area contributed by atoms with E-state index in [-0.39, 0.29) is 0 Å². The predicted octanol–water partition coefficient (Wildman–Crippen LogP) is 14.1. The highest BCUT2D eigenvalue weighted by Gasteiger charge is 2.53. The van der Waals surface area contributed by atoms with E-state index >= 15 is 0 Å². The number of rotatable bonds is 6. The van der Waals surface area contributed by atoms with Crippen molar-refractivity contribution in [3.8, 4) is 84.6 Å². The third-order valence-corrected chi connectivity index (χ3v) is 13.9. The molecule has 2 aliphatic carbocycles. The van der Waals surface area contributed by atoms with Gasteiger partial charge in [0.2, 0.25) is 6.33 Å². The van der Waals surface area contributed by atoms with Crippen LogP contribution in [0, 0.1) is 0 Å². The molecule has 0 saturated heterocycles. The monoisotopic (exact) mass is 868 g/mol. The van der Waals surface area contributed by atoms with Gasteiger partial charge in [-0.05, 0) is 93.5 Å². The van der Waals surface area contributed by atoms with E-state index in [1.54, 1.807) is 0 Å². The molecule has 1 atom stereocenters. The highest BCUT2D eigenvalue weighted by molar-refractivity contribution is 6.13. The van der Waals surface area contributed by atoms with Crippen LogP contribution in [0.3, 0.4) is 0 Å². The molecular formula is C62H38N5O+. The number of hydrogen-bond donors (Lipinski definition) is 0. The van der Waals surface area contributed by atoms with Gasteiger partial charge >= 0.3 is 5.82 Å². The Morgan fingerprint density at radius 2 is 1.00 bits per heavy atom. The van der Waals surface area contributed by atoms with Crippen LogP contribution in [0.5, 0.6) is 0 Å². The van der Waals surface area contributed by atoms with Crippen LogP contribution in [0.25, 0.3) is 107 Å². The maximum absolute atomic E-state index is 6.91. The lowest BCUT2D eigenvalue weighted by Crippen LogP contribution is -2.35. The summed E-state index contributed by atoms with van der Waals surface area (Å²) in [6, 6.07) is 79.0. The normalized spacial score (nSPS) is 14.2. The summed E-state index contributed by atoms with van der Waals surface area (Å²) >= 11 is 0. The summed E-state index contributed by atoms with van der Waals surface area (Å²) in [4.78, 5) is 20.6. The van der Waals surface area contributed by atoms with Gasteiger partial charge in [0.25, 0.3) is 5.82 Å². The average Bonchev–Trinajstić information content (AvgIpc) is 4.05. The minimum absolute atomic E-state index is 0.675. The number of furan rings is 1. The Balaban J connectivity index is 1.02. The number of aromatic nitrogens is 5. The fourth-order valence-electron chi connectivity index (χ4n) is 10.9. The van der Waals surface area contributed by atoms with Gasteiger partial charge in [0.05, 0.1) is 27.9 Å². The van der Waals surface area contributed by atoms with E-state index in [1.807, 2.05) is 60.9 Å². The molecule has 0 aliphatic heterocycles. The van der Waals surface area contributed by atoms with Gasteiger partial charge in [-0.3, -0.25) is 0 Å². The smallest absolute Gasteiger partial charge is 0.307 e. The van der Waals surface area contributed by atoms with Gasteiger partial charge in [0, 0.05) is 33.0 Å². The molecular weight excluding hydrogens is 831 g/mol. The van der Waals surface area contributed by atoms with Crippen LogP contribution in [0.4, 0.5) is 0 Å². The molecule has 0 N–H and O–H groups in total. The third-order valence-electron chi connectivity index (χ3n) is 13.9. The number of hydrogen-bond acceptors (Lipinski definition) is 5. The van der Waals surface area contributed by atoms with Gasteiger partial charge < -0.3 is 4.42 Å². The molecule has 9 aromatic carbocycles. The fourth-order valence-corrected chi connectivity index (χ4v) is 10.9. The molecule has 0 bridgehead atoms. The summed E-state index contributed by atoms with van der Waals surface area (Å²) in [7, 11) is 0. The molecule has 1 unspecified atom stereocenters. The Hall–Kier alpha value is -9.13. The molecule has 14 rings (SSSR count). The fraction of sp³-hybridized carbons (Fsp3) is 0.0161. The first kappa shape index (κ1) is 38.2. The molecule has 0 radical (unpaired) electrons. The second-order valence-corrected chi connectivity index (χ2v) is 17.5. The van der Waals surface area contributed by atoms with Crippen LogP contribution in [0.15, 0.2) is 235 Å². The molecule has 0 amide bonds. The molecule has 12 aromatic rings. The van der Waals surface area contributed by atoms with Crippen LogP contribution in [0.2, 0.25) is 0 Å². The lowest BCUT2D eigenvalue weighted by Gasteiger charge is -2.30. The molecule has 3 heterocycles. The highest BCUT2D eigenvalue weighted by atomic mass is 16.3. The van der Waals surface area contributed by atoms with Crippen LogP contribution in [-0.2, 0) is 5.41 Å². The lowest BCUT2D eigenvalue weighted by atomic mass is 9.70. The van der Waals surface area contributed by atoms with Crippen LogP contribution in [-0.4, -0.2) is 19.9 Å². The molecule has 2 aliphatic rings. The van der Waals surface area contributed by atoms with E-state index in [0.717, 1.165) is 89.3 Å². The minimum atomic E-state index is -0.684. The van der Waals surface area contributed by atoms with E-state index in [9.17, 15) is 0 Å². The van der Waals surface area contributed by atoms with Crippen molar-refractivity contribution in [3.63, 3.8) is 0 Å². The summed E-state index contributed by atoms with van der Waals surface area (Å²) in [6.07, 6.45) is 1.91. The van der Waals surface area contributed by atoms with E-state index in [2.05, 4.69) is 174 Å². The van der Waals surface area contributed by atoms with Crippen molar-refractivity contribution in [1.82, 2.24) is 19.9 Å². The molecule has 0 fully saturated rings. The Morgan fingerprint density at radius 1 is 0.382 bits per heavy atom. The van der Waals surface area contributed by atoms with E-state index in [1.165, 1.54) is 27.8 Å². The first-order chi connectivity index (χ1) is 33.7. The lowest BCUT2D eigenvalue weighted by molar-refractivity contribution is -0.590. The average molecular weight is 869 g/mol. The number of nitrogens with zero attached hydrogens (tertiary/aromatic N) is 5. The molecule has 68 heavy (non-hydrogen) atoms. The molecule has 0 saturated carbocycles. The van der Waals surface area contributed by atoms with Crippen molar-refractivity contribution < 1.29 is 8.98 Å². The maximum Gasteiger partial charge on any atom is 0.307 e. The predicted molar refractivity (Wildman–Crippen MR) is 270 cm³/mol. The van der Waals surface area contributed by atoms with Gasteiger partial charge in [-0.2, -0.15) is 4.57 Å². The van der Waals surface area contributed by atoms with E-state index in [4.69, 9.17) is 24.4 Å². The first-order valence-corrected chi connectivity index (χ1v) is 22.9. The van der Waals surface area contributed by atoms with Crippen molar-refractivity contribution in [3.05, 3.63) is 253 Å². The summed E-state index contributed by atoms with van der Waals surface area (Å²) < 4.78 is 9.03. The van der Waals surface area contributed by atoms with Gasteiger partial charge in [0.1, 0.15) is 16.9 Å². The second-order valence-electron chi connectivity index (χ2n) is 17.5. The van der Waals surface area contributed by atoms with Crippen molar-refractivity contribution in [2.45, 2.75) is 5.41 Å². The SMILES string of the molecule is c1ccc(-c2cc(-c3ccc4c(c3)C3(c5ccccc5-c5cc(-[n+]6cnc(-c7ccccc7)nc6-c6ccccc6)ccc53)c3ccc5c(oc6ccccc65)c3-4)nc(-c3ccccc3)n2)cc1. The maximum atomic E-state index is 6.91. The van der Waals surface area contributed by atoms with Crippen LogP contribution < -0.4 is 4.57 Å². The van der Waals surface area contributed by atoms with Crippen LogP contribution in [0.1, 0.15) is 22.3 Å². The topological polar surface area (TPSA) is 68.6 Å². The molecule has 3 aromatic heterocycles. The van der Waals surface area contributed by atoms with E-state index < -0.39 is 5.41 Å². The highest BCUT2D eigenvalue weighted by Crippen LogP contribution is 2.64. The van der Waals surface area contributed by atoms with Crippen LogP contribution >= 0.6 is 0 Å². The number of fused-ring (bicyclic) bond motifs is 14. The third kappa shape index (κ3) is 5.67. The summed E-state index contributed by atoms with van der Waals surface area (Å²) in [5, 5.41) is 2.21. The van der Waals surface area contributed by atoms with Crippen molar-refractivity contribution >= 4 is 21.9 Å². The van der Waals surface area contributed by atoms with Gasteiger partial charge in [0.15, 0.2) is 5.82 Å². The Kier molecular flexibility index (Phi) is 8.39. The van der Waals surface area contributed by atoms with Crippen molar-refractivity contribution in [2.75, 3.05) is 0 Å². The summed E-state index contributed by atoms with van der Waals surface area (Å²) in [5.41, 5.74) is 18.2. The quantitative estimate of drug-likeness (QED) is 0.156. The van der Waals surface area contributed by atoms with Gasteiger partial charge in [-0.25, -0.2) is 9.97 Å². The standard InChI is InChI=1S/C62H38N5O/c1-5-17-39(18-6-1)54-37-55(65-60(64-54)41-21-9-3-10-22-41)43-29-31-48-53(35-43)62(52-34-32-47-46-26-14-16-28-56(46)68-58(47)57(48)52)50-27-15-13-25-45(50)49-36-44(30-33-51(49)62)67-38-63-59(40-19-7-2-8-20-40)66-61(67)42-23-11-4-12-24-42/h1-38H/q+1. The molecule has 6 heteroatoms. The number of para-hydroxylation sites is 1. The Bertz CT molecular complexity index is 3910. The zero-order valence-electron chi connectivity index (χ0n) is 36.6. The van der Waals surface area contributed by atoms with Crippen molar-refractivity contribution in [1.29, 1.82) is 0 Å². The van der Waals surface area contributed by atoms with Gasteiger partial charge in [-0.15, -0.1) is 0 Å². The Labute approximate surface area is 392 Å². The molecule has 1 spiro atoms. The van der Waals surface area contributed by atoms with Gasteiger partial charge in [-0.1, -0.05) is 180 Å². The zero-order valence-corrected chi connectivity index (χ0v) is 36.6. The summed E-state index contributed by atoms with van der Waals surface area (Å²) in [5.74, 6) is 2.17. The Morgan fingerprint density at radius 3 is 1.76 bits per heavy atom. The molecule has 6 nitrogen and oxygen atoms in total. The zero-order chi connectivity index (χ0) is 44.8.